The van der Waals surface area contributed by atoms with E-state index in [1.54, 1.807) is 0 Å². The minimum atomic E-state index is -0.671. The SMILES string of the molecule is [CH2]C([CH2])([CH2])CCCCCCCCCCCCC(=O)O. The molecule has 0 saturated heterocycles. The van der Waals surface area contributed by atoms with E-state index in [1.165, 1.54) is 51.4 Å². The second kappa shape index (κ2) is 11.3. The van der Waals surface area contributed by atoms with Gasteiger partial charge < -0.3 is 5.11 Å². The molecule has 19 heavy (non-hydrogen) atoms. The van der Waals surface area contributed by atoms with Crippen LogP contribution in [0.15, 0.2) is 0 Å². The Morgan fingerprint density at radius 2 is 1.11 bits per heavy atom. The lowest BCUT2D eigenvalue weighted by Crippen LogP contribution is -2.05. The Morgan fingerprint density at radius 3 is 1.47 bits per heavy atom. The van der Waals surface area contributed by atoms with Crippen LogP contribution in [0, 0.1) is 26.2 Å². The zero-order valence-electron chi connectivity index (χ0n) is 12.5. The molecule has 0 unspecified atom stereocenters. The summed E-state index contributed by atoms with van der Waals surface area (Å²) >= 11 is 0. The average Bonchev–Trinajstić information content (AvgIpc) is 2.28. The first-order chi connectivity index (χ1) is 8.92. The van der Waals surface area contributed by atoms with Crippen LogP contribution in [0.25, 0.3) is 0 Å². The van der Waals surface area contributed by atoms with E-state index in [9.17, 15) is 4.79 Å². The fourth-order valence-corrected chi connectivity index (χ4v) is 2.19. The molecule has 3 radical (unpaired) electrons. The Bertz CT molecular complexity index is 216. The third kappa shape index (κ3) is 17.5. The molecule has 2 heteroatoms. The first kappa shape index (κ1) is 18.5. The molecule has 0 bridgehead atoms. The van der Waals surface area contributed by atoms with Crippen molar-refractivity contribution in [2.75, 3.05) is 0 Å². The molecule has 0 heterocycles. The largest absolute Gasteiger partial charge is 0.481 e. The quantitative estimate of drug-likeness (QED) is 0.463. The highest BCUT2D eigenvalue weighted by atomic mass is 16.4. The summed E-state index contributed by atoms with van der Waals surface area (Å²) in [5.41, 5.74) is -0.254. The van der Waals surface area contributed by atoms with Gasteiger partial charge in [-0.05, 0) is 39.0 Å². The molecule has 0 rings (SSSR count). The smallest absolute Gasteiger partial charge is 0.303 e. The van der Waals surface area contributed by atoms with Gasteiger partial charge in [-0.25, -0.2) is 0 Å². The summed E-state index contributed by atoms with van der Waals surface area (Å²) in [5.74, 6) is -0.671. The van der Waals surface area contributed by atoms with Crippen LogP contribution >= 0.6 is 0 Å². The van der Waals surface area contributed by atoms with Gasteiger partial charge in [0.1, 0.15) is 0 Å². The predicted octanol–water partition coefficient (Wildman–Crippen LogP) is 5.24. The number of hydrogen-bond acceptors (Lipinski definition) is 1. The van der Waals surface area contributed by atoms with Crippen LogP contribution in [0.4, 0.5) is 0 Å². The van der Waals surface area contributed by atoms with Crippen molar-refractivity contribution < 1.29 is 9.90 Å². The van der Waals surface area contributed by atoms with Crippen molar-refractivity contribution in [3.8, 4) is 0 Å². The first-order valence-electron chi connectivity index (χ1n) is 7.70. The van der Waals surface area contributed by atoms with Gasteiger partial charge in [0, 0.05) is 6.42 Å². The number of carboxylic acids is 1. The van der Waals surface area contributed by atoms with Gasteiger partial charge in [0.2, 0.25) is 0 Å². The molecule has 0 aromatic rings. The molecular formula is C17H31O2. The monoisotopic (exact) mass is 267 g/mol. The van der Waals surface area contributed by atoms with Gasteiger partial charge in [0.15, 0.2) is 0 Å². The van der Waals surface area contributed by atoms with E-state index < -0.39 is 5.97 Å². The molecule has 0 aliphatic carbocycles. The third-order valence-electron chi connectivity index (χ3n) is 3.35. The van der Waals surface area contributed by atoms with E-state index >= 15 is 0 Å². The first-order valence-corrected chi connectivity index (χ1v) is 7.70. The molecule has 111 valence electrons. The van der Waals surface area contributed by atoms with Gasteiger partial charge >= 0.3 is 5.97 Å². The Hall–Kier alpha value is -0.530. The van der Waals surface area contributed by atoms with Crippen LogP contribution in [-0.4, -0.2) is 11.1 Å². The van der Waals surface area contributed by atoms with Crippen molar-refractivity contribution in [3.63, 3.8) is 0 Å². The standard InChI is InChI=1S/C17H31O2/c1-17(2,3)15-13-11-9-7-5-4-6-8-10-12-14-16(18)19/h1-15H2,(H,18,19). The molecule has 0 aromatic carbocycles. The Morgan fingerprint density at radius 1 is 0.737 bits per heavy atom. The molecule has 0 aromatic heterocycles. The summed E-state index contributed by atoms with van der Waals surface area (Å²) < 4.78 is 0. The second-order valence-electron chi connectivity index (χ2n) is 5.93. The van der Waals surface area contributed by atoms with Crippen LogP contribution in [0.1, 0.15) is 77.0 Å². The minimum Gasteiger partial charge on any atom is -0.481 e. The lowest BCUT2D eigenvalue weighted by atomic mass is 9.89. The molecule has 0 aliphatic heterocycles. The fourth-order valence-electron chi connectivity index (χ4n) is 2.19. The maximum atomic E-state index is 10.3. The van der Waals surface area contributed by atoms with Gasteiger partial charge in [-0.2, -0.15) is 0 Å². The number of unbranched alkanes of at least 4 members (excludes halogenated alkanes) is 9. The zero-order chi connectivity index (χ0) is 14.6. The lowest BCUT2D eigenvalue weighted by Gasteiger charge is -2.16. The second-order valence-corrected chi connectivity index (χ2v) is 5.93. The number of rotatable bonds is 13. The summed E-state index contributed by atoms with van der Waals surface area (Å²) in [6.07, 6.45) is 13.3. The van der Waals surface area contributed by atoms with Crippen LogP contribution < -0.4 is 0 Å². The molecule has 0 saturated carbocycles. The van der Waals surface area contributed by atoms with Crippen LogP contribution in [0.2, 0.25) is 0 Å². The van der Waals surface area contributed by atoms with Crippen molar-refractivity contribution in [3.05, 3.63) is 20.8 Å². The molecular weight excluding hydrogens is 236 g/mol. The van der Waals surface area contributed by atoms with E-state index in [0.717, 1.165) is 19.3 Å². The van der Waals surface area contributed by atoms with Crippen molar-refractivity contribution in [2.24, 2.45) is 5.41 Å². The highest BCUT2D eigenvalue weighted by molar-refractivity contribution is 5.66. The average molecular weight is 267 g/mol. The van der Waals surface area contributed by atoms with Gasteiger partial charge in [-0.3, -0.25) is 4.79 Å². The Balaban J connectivity index is 3.05. The summed E-state index contributed by atoms with van der Waals surface area (Å²) in [5, 5.41) is 8.50. The maximum Gasteiger partial charge on any atom is 0.303 e. The normalized spacial score (nSPS) is 11.7. The van der Waals surface area contributed by atoms with Crippen LogP contribution in [-0.2, 0) is 4.79 Å². The van der Waals surface area contributed by atoms with Gasteiger partial charge in [0.05, 0.1) is 0 Å². The molecule has 2 nitrogen and oxygen atoms in total. The van der Waals surface area contributed by atoms with Gasteiger partial charge in [-0.1, -0.05) is 57.8 Å². The van der Waals surface area contributed by atoms with E-state index in [2.05, 4.69) is 20.8 Å². The zero-order valence-corrected chi connectivity index (χ0v) is 12.5. The van der Waals surface area contributed by atoms with Crippen molar-refractivity contribution in [1.29, 1.82) is 0 Å². The van der Waals surface area contributed by atoms with E-state index in [1.807, 2.05) is 0 Å². The fraction of sp³-hybridized carbons (Fsp3) is 0.765. The summed E-state index contributed by atoms with van der Waals surface area (Å²) in [4.78, 5) is 10.3. The number of carbonyl (C=O) groups is 1. The highest BCUT2D eigenvalue weighted by Crippen LogP contribution is 2.21. The maximum absolute atomic E-state index is 10.3. The number of carboxylic acid groups (broad SMARTS) is 1. The minimum absolute atomic E-state index is 0.254. The van der Waals surface area contributed by atoms with Crippen LogP contribution in [0.5, 0.6) is 0 Å². The highest BCUT2D eigenvalue weighted by Gasteiger charge is 2.09. The molecule has 1 N–H and O–H groups in total. The lowest BCUT2D eigenvalue weighted by molar-refractivity contribution is -0.137. The van der Waals surface area contributed by atoms with Crippen molar-refractivity contribution in [1.82, 2.24) is 0 Å². The van der Waals surface area contributed by atoms with Gasteiger partial charge in [-0.15, -0.1) is 0 Å². The number of hydrogen-bond donors (Lipinski definition) is 1. The molecule has 0 fully saturated rings. The Labute approximate surface area is 120 Å². The van der Waals surface area contributed by atoms with Gasteiger partial charge in [0.25, 0.3) is 0 Å². The topological polar surface area (TPSA) is 37.3 Å². The molecule has 0 spiro atoms. The van der Waals surface area contributed by atoms with Crippen molar-refractivity contribution in [2.45, 2.75) is 77.0 Å². The third-order valence-corrected chi connectivity index (χ3v) is 3.35. The summed E-state index contributed by atoms with van der Waals surface area (Å²) in [6.45, 7) is 11.7. The van der Waals surface area contributed by atoms with E-state index in [0.29, 0.717) is 6.42 Å². The van der Waals surface area contributed by atoms with Crippen LogP contribution in [0.3, 0.4) is 0 Å². The summed E-state index contributed by atoms with van der Waals surface area (Å²) in [7, 11) is 0. The predicted molar refractivity (Wildman–Crippen MR) is 81.5 cm³/mol. The molecule has 0 amide bonds. The summed E-state index contributed by atoms with van der Waals surface area (Å²) in [6, 6.07) is 0. The molecule has 0 atom stereocenters. The van der Waals surface area contributed by atoms with E-state index in [4.69, 9.17) is 5.11 Å². The number of aliphatic carboxylic acids is 1. The Kier molecular flexibility index (Phi) is 11.0. The molecule has 0 aliphatic rings. The van der Waals surface area contributed by atoms with Crippen molar-refractivity contribution >= 4 is 5.97 Å². The van der Waals surface area contributed by atoms with E-state index in [-0.39, 0.29) is 5.41 Å².